The molecule has 2 aromatic carbocycles. The topological polar surface area (TPSA) is 50.4 Å². The number of aryl methyl sites for hydroxylation is 1. The van der Waals surface area contributed by atoms with E-state index >= 15 is 0 Å². The first-order valence-electron chi connectivity index (χ1n) is 8.22. The lowest BCUT2D eigenvalue weighted by atomic mass is 10.0. The summed E-state index contributed by atoms with van der Waals surface area (Å²) in [7, 11) is 1.60. The molecule has 2 N–H and O–H groups in total. The molecule has 1 amide bonds. The first kappa shape index (κ1) is 17.9. The van der Waals surface area contributed by atoms with E-state index in [1.165, 1.54) is 5.56 Å². The third-order valence-electron chi connectivity index (χ3n) is 3.97. The normalized spacial score (nSPS) is 11.9. The molecule has 0 heterocycles. The van der Waals surface area contributed by atoms with Gasteiger partial charge in [0.05, 0.1) is 12.8 Å². The van der Waals surface area contributed by atoms with Crippen LogP contribution in [0.4, 0.5) is 11.4 Å². The number of anilines is 2. The van der Waals surface area contributed by atoms with Crippen LogP contribution in [0.2, 0.25) is 0 Å². The lowest BCUT2D eigenvalue weighted by Gasteiger charge is -2.17. The highest BCUT2D eigenvalue weighted by Gasteiger charge is 2.15. The molecule has 0 aliphatic heterocycles. The molecule has 1 atom stereocenters. The zero-order chi connectivity index (χ0) is 17.7. The van der Waals surface area contributed by atoms with Crippen molar-refractivity contribution in [1.29, 1.82) is 0 Å². The van der Waals surface area contributed by atoms with E-state index in [0.29, 0.717) is 17.4 Å². The van der Waals surface area contributed by atoms with Crippen LogP contribution in [0.15, 0.2) is 42.5 Å². The molecule has 0 fully saturated rings. The lowest BCUT2D eigenvalue weighted by Crippen LogP contribution is -2.32. The molecule has 0 bridgehead atoms. The minimum Gasteiger partial charge on any atom is -0.495 e. The highest BCUT2D eigenvalue weighted by molar-refractivity contribution is 5.97. The second-order valence-electron chi connectivity index (χ2n) is 6.34. The summed E-state index contributed by atoms with van der Waals surface area (Å²) >= 11 is 0. The number of rotatable bonds is 6. The average Bonchev–Trinajstić information content (AvgIpc) is 2.55. The number of hydrogen-bond donors (Lipinski definition) is 2. The molecule has 0 saturated heterocycles. The van der Waals surface area contributed by atoms with Gasteiger partial charge in [0.2, 0.25) is 5.91 Å². The molecule has 0 radical (unpaired) electrons. The van der Waals surface area contributed by atoms with E-state index in [4.69, 9.17) is 4.74 Å². The minimum atomic E-state index is -0.361. The zero-order valence-corrected chi connectivity index (χ0v) is 15.0. The SMILES string of the molecule is COc1ccc(C)cc1NC(=O)C(C)Nc1ccc(C(C)C)cc1. The summed E-state index contributed by atoms with van der Waals surface area (Å²) in [5.41, 5.74) is 3.96. The molecule has 0 aliphatic rings. The van der Waals surface area contributed by atoms with Gasteiger partial charge in [-0.2, -0.15) is 0 Å². The Balaban J connectivity index is 2.03. The number of carbonyl (C=O) groups is 1. The monoisotopic (exact) mass is 326 g/mol. The van der Waals surface area contributed by atoms with Crippen LogP contribution in [-0.4, -0.2) is 19.1 Å². The van der Waals surface area contributed by atoms with E-state index in [1.807, 2.05) is 44.2 Å². The van der Waals surface area contributed by atoms with Crippen molar-refractivity contribution in [3.8, 4) is 5.75 Å². The standard InChI is InChI=1S/C20H26N2O2/c1-13(2)16-7-9-17(10-8-16)21-15(4)20(23)22-18-12-14(3)6-11-19(18)24-5/h6-13,15,21H,1-5H3,(H,22,23). The van der Waals surface area contributed by atoms with Crippen molar-refractivity contribution >= 4 is 17.3 Å². The third kappa shape index (κ3) is 4.51. The largest absolute Gasteiger partial charge is 0.495 e. The van der Waals surface area contributed by atoms with Gasteiger partial charge in [0.1, 0.15) is 11.8 Å². The molecule has 1 unspecified atom stereocenters. The predicted molar refractivity (Wildman–Crippen MR) is 100.0 cm³/mol. The molecule has 2 rings (SSSR count). The van der Waals surface area contributed by atoms with Gasteiger partial charge in [-0.15, -0.1) is 0 Å². The second-order valence-corrected chi connectivity index (χ2v) is 6.34. The summed E-state index contributed by atoms with van der Waals surface area (Å²) in [6.45, 7) is 8.14. The van der Waals surface area contributed by atoms with Crippen LogP contribution in [0.3, 0.4) is 0 Å². The van der Waals surface area contributed by atoms with Crippen molar-refractivity contribution in [3.05, 3.63) is 53.6 Å². The quantitative estimate of drug-likeness (QED) is 0.818. The van der Waals surface area contributed by atoms with E-state index in [0.717, 1.165) is 11.3 Å². The molecule has 128 valence electrons. The Kier molecular flexibility index (Phi) is 5.85. The number of amides is 1. The summed E-state index contributed by atoms with van der Waals surface area (Å²) in [6, 6.07) is 13.5. The van der Waals surface area contributed by atoms with Crippen molar-refractivity contribution < 1.29 is 9.53 Å². The number of benzene rings is 2. The van der Waals surface area contributed by atoms with E-state index in [-0.39, 0.29) is 11.9 Å². The highest BCUT2D eigenvalue weighted by atomic mass is 16.5. The highest BCUT2D eigenvalue weighted by Crippen LogP contribution is 2.25. The maximum atomic E-state index is 12.4. The van der Waals surface area contributed by atoms with Gasteiger partial charge < -0.3 is 15.4 Å². The fraction of sp³-hybridized carbons (Fsp3) is 0.350. The Morgan fingerprint density at radius 1 is 1.04 bits per heavy atom. The maximum Gasteiger partial charge on any atom is 0.246 e. The van der Waals surface area contributed by atoms with Crippen LogP contribution in [-0.2, 0) is 4.79 Å². The number of ether oxygens (including phenoxy) is 1. The molecule has 4 nitrogen and oxygen atoms in total. The van der Waals surface area contributed by atoms with Gasteiger partial charge >= 0.3 is 0 Å². The Morgan fingerprint density at radius 2 is 1.71 bits per heavy atom. The van der Waals surface area contributed by atoms with Crippen LogP contribution in [0, 0.1) is 6.92 Å². The molecule has 0 saturated carbocycles. The van der Waals surface area contributed by atoms with Crippen molar-refractivity contribution in [1.82, 2.24) is 0 Å². The summed E-state index contributed by atoms with van der Waals surface area (Å²) in [5.74, 6) is 1.04. The summed E-state index contributed by atoms with van der Waals surface area (Å²) < 4.78 is 5.30. The molecule has 0 aromatic heterocycles. The van der Waals surface area contributed by atoms with Gasteiger partial charge in [-0.05, 0) is 55.2 Å². The molecule has 4 heteroatoms. The molecule has 24 heavy (non-hydrogen) atoms. The zero-order valence-electron chi connectivity index (χ0n) is 15.0. The minimum absolute atomic E-state index is 0.105. The molecule has 2 aromatic rings. The van der Waals surface area contributed by atoms with Gasteiger partial charge in [0.25, 0.3) is 0 Å². The van der Waals surface area contributed by atoms with Crippen LogP contribution < -0.4 is 15.4 Å². The molecule has 0 spiro atoms. The van der Waals surface area contributed by atoms with Crippen LogP contribution in [0.5, 0.6) is 5.75 Å². The predicted octanol–water partition coefficient (Wildman–Crippen LogP) is 4.57. The van der Waals surface area contributed by atoms with Crippen molar-refractivity contribution in [2.45, 2.75) is 39.7 Å². The Bertz CT molecular complexity index is 693. The van der Waals surface area contributed by atoms with Gasteiger partial charge in [-0.3, -0.25) is 4.79 Å². The Hall–Kier alpha value is -2.49. The van der Waals surface area contributed by atoms with Gasteiger partial charge in [-0.1, -0.05) is 32.0 Å². The van der Waals surface area contributed by atoms with Crippen LogP contribution in [0.25, 0.3) is 0 Å². The number of methoxy groups -OCH3 is 1. The Labute approximate surface area is 144 Å². The molecular formula is C20H26N2O2. The first-order valence-corrected chi connectivity index (χ1v) is 8.22. The van der Waals surface area contributed by atoms with E-state index < -0.39 is 0 Å². The summed E-state index contributed by atoms with van der Waals surface area (Å²) in [5, 5.41) is 6.15. The van der Waals surface area contributed by atoms with Crippen molar-refractivity contribution in [3.63, 3.8) is 0 Å². The number of nitrogens with one attached hydrogen (secondary N) is 2. The van der Waals surface area contributed by atoms with E-state index in [1.54, 1.807) is 7.11 Å². The maximum absolute atomic E-state index is 12.4. The van der Waals surface area contributed by atoms with Gasteiger partial charge in [-0.25, -0.2) is 0 Å². The smallest absolute Gasteiger partial charge is 0.246 e. The summed E-state index contributed by atoms with van der Waals surface area (Å²) in [6.07, 6.45) is 0. The molecule has 0 aliphatic carbocycles. The van der Waals surface area contributed by atoms with Crippen molar-refractivity contribution in [2.24, 2.45) is 0 Å². The number of carbonyl (C=O) groups excluding carboxylic acids is 1. The summed E-state index contributed by atoms with van der Waals surface area (Å²) in [4.78, 5) is 12.4. The van der Waals surface area contributed by atoms with Crippen LogP contribution >= 0.6 is 0 Å². The lowest BCUT2D eigenvalue weighted by molar-refractivity contribution is -0.116. The third-order valence-corrected chi connectivity index (χ3v) is 3.97. The average molecular weight is 326 g/mol. The van der Waals surface area contributed by atoms with Crippen LogP contribution in [0.1, 0.15) is 37.8 Å². The van der Waals surface area contributed by atoms with Gasteiger partial charge in [0.15, 0.2) is 0 Å². The second kappa shape index (κ2) is 7.86. The van der Waals surface area contributed by atoms with Gasteiger partial charge in [0, 0.05) is 5.69 Å². The van der Waals surface area contributed by atoms with Crippen molar-refractivity contribution in [2.75, 3.05) is 17.7 Å². The van der Waals surface area contributed by atoms with E-state index in [2.05, 4.69) is 36.6 Å². The first-order chi connectivity index (χ1) is 11.4. The molecular weight excluding hydrogens is 300 g/mol. The van der Waals surface area contributed by atoms with E-state index in [9.17, 15) is 4.79 Å². The number of hydrogen-bond acceptors (Lipinski definition) is 3. The fourth-order valence-electron chi connectivity index (χ4n) is 2.44. The Morgan fingerprint density at radius 3 is 2.29 bits per heavy atom. The fourth-order valence-corrected chi connectivity index (χ4v) is 2.44.